The molecule has 0 saturated heterocycles. The average molecular weight is 295 g/mol. The maximum absolute atomic E-state index is 8.79. The zero-order valence-electron chi connectivity index (χ0n) is 9.73. The number of nitrogens with zero attached hydrogens (tertiary/aromatic N) is 2. The van der Waals surface area contributed by atoms with Crippen molar-refractivity contribution in [2.75, 3.05) is 6.61 Å². The van der Waals surface area contributed by atoms with E-state index in [1.54, 1.807) is 0 Å². The number of aryl methyl sites for hydroxylation is 2. The number of aromatic nitrogens is 2. The van der Waals surface area contributed by atoms with Gasteiger partial charge in [0.05, 0.1) is 11.9 Å². The van der Waals surface area contributed by atoms with E-state index in [9.17, 15) is 0 Å². The molecule has 0 atom stereocenters. The highest BCUT2D eigenvalue weighted by atomic mass is 79.9. The van der Waals surface area contributed by atoms with Gasteiger partial charge in [-0.15, -0.1) is 0 Å². The molecule has 90 valence electrons. The van der Waals surface area contributed by atoms with Gasteiger partial charge in [0.25, 0.3) is 0 Å². The molecule has 0 aliphatic carbocycles. The summed E-state index contributed by atoms with van der Waals surface area (Å²) in [4.78, 5) is 0. The van der Waals surface area contributed by atoms with Crippen molar-refractivity contribution >= 4 is 15.9 Å². The third-order valence-corrected chi connectivity index (χ3v) is 3.16. The van der Waals surface area contributed by atoms with Crippen LogP contribution in [0.2, 0.25) is 0 Å². The normalized spacial score (nSPS) is 10.8. The Hall–Kier alpha value is -1.13. The Morgan fingerprint density at radius 2 is 2.24 bits per heavy atom. The lowest BCUT2D eigenvalue weighted by molar-refractivity contribution is 0.288. The van der Waals surface area contributed by atoms with Crippen molar-refractivity contribution in [2.24, 2.45) is 0 Å². The van der Waals surface area contributed by atoms with Gasteiger partial charge in [-0.3, -0.25) is 0 Å². The van der Waals surface area contributed by atoms with Crippen LogP contribution in [0.3, 0.4) is 0 Å². The number of hydrogen-bond acceptors (Lipinski definition) is 2. The van der Waals surface area contributed by atoms with Gasteiger partial charge >= 0.3 is 0 Å². The van der Waals surface area contributed by atoms with E-state index in [4.69, 9.17) is 5.11 Å². The molecule has 0 unspecified atom stereocenters. The lowest BCUT2D eigenvalue weighted by atomic mass is 10.2. The third-order valence-electron chi connectivity index (χ3n) is 2.67. The minimum absolute atomic E-state index is 0.225. The van der Waals surface area contributed by atoms with Gasteiger partial charge in [-0.25, -0.2) is 4.68 Å². The summed E-state index contributed by atoms with van der Waals surface area (Å²) < 4.78 is 2.96. The Balaban J connectivity index is 2.24. The second-order valence-electron chi connectivity index (χ2n) is 4.05. The summed E-state index contributed by atoms with van der Waals surface area (Å²) in [6, 6.07) is 6.13. The number of halogens is 1. The summed E-state index contributed by atoms with van der Waals surface area (Å²) in [7, 11) is 0. The molecule has 17 heavy (non-hydrogen) atoms. The van der Waals surface area contributed by atoms with E-state index in [0.29, 0.717) is 0 Å². The quantitative estimate of drug-likeness (QED) is 0.942. The first kappa shape index (κ1) is 12.3. The van der Waals surface area contributed by atoms with Crippen LogP contribution in [0.4, 0.5) is 0 Å². The van der Waals surface area contributed by atoms with Crippen molar-refractivity contribution in [3.05, 3.63) is 46.2 Å². The summed E-state index contributed by atoms with van der Waals surface area (Å²) in [6.07, 6.45) is 5.53. The van der Waals surface area contributed by atoms with E-state index in [1.807, 2.05) is 29.2 Å². The molecule has 2 rings (SSSR count). The lowest BCUT2D eigenvalue weighted by Crippen LogP contribution is -1.97. The van der Waals surface area contributed by atoms with E-state index in [2.05, 4.69) is 34.0 Å². The zero-order chi connectivity index (χ0) is 12.3. The molecule has 0 saturated carbocycles. The van der Waals surface area contributed by atoms with Crippen molar-refractivity contribution in [1.82, 2.24) is 9.78 Å². The molecule has 0 aliphatic rings. The van der Waals surface area contributed by atoms with E-state index in [1.165, 1.54) is 5.56 Å². The van der Waals surface area contributed by atoms with Crippen molar-refractivity contribution in [3.63, 3.8) is 0 Å². The Morgan fingerprint density at radius 1 is 1.41 bits per heavy atom. The smallest absolute Gasteiger partial charge is 0.0675 e. The number of aliphatic hydroxyl groups is 1. The monoisotopic (exact) mass is 294 g/mol. The lowest BCUT2D eigenvalue weighted by Gasteiger charge is -2.05. The molecule has 4 heteroatoms. The Kier molecular flexibility index (Phi) is 3.97. The standard InChI is InChI=1S/C13H15BrN2O/c1-10-7-12(14)4-5-13(10)16-9-11(8-15-16)3-2-6-17/h4-5,7-9,17H,2-3,6H2,1H3. The van der Waals surface area contributed by atoms with Crippen LogP contribution in [0.5, 0.6) is 0 Å². The number of aliphatic hydroxyl groups excluding tert-OH is 1. The summed E-state index contributed by atoms with van der Waals surface area (Å²) in [5.41, 5.74) is 3.42. The molecular formula is C13H15BrN2O. The van der Waals surface area contributed by atoms with Crippen molar-refractivity contribution in [3.8, 4) is 5.69 Å². The molecule has 0 amide bonds. The minimum Gasteiger partial charge on any atom is -0.396 e. The second-order valence-corrected chi connectivity index (χ2v) is 4.97. The maximum atomic E-state index is 8.79. The van der Waals surface area contributed by atoms with Crippen molar-refractivity contribution in [2.45, 2.75) is 19.8 Å². The fraction of sp³-hybridized carbons (Fsp3) is 0.308. The molecule has 1 N–H and O–H groups in total. The largest absolute Gasteiger partial charge is 0.396 e. The first-order valence-electron chi connectivity index (χ1n) is 5.61. The van der Waals surface area contributed by atoms with Crippen LogP contribution in [0.1, 0.15) is 17.5 Å². The van der Waals surface area contributed by atoms with Gasteiger partial charge in [0.15, 0.2) is 0 Å². The summed E-state index contributed by atoms with van der Waals surface area (Å²) in [5, 5.41) is 13.1. The summed E-state index contributed by atoms with van der Waals surface area (Å²) in [6.45, 7) is 2.29. The predicted octanol–water partition coefficient (Wildman–Crippen LogP) is 2.87. The molecule has 0 bridgehead atoms. The first-order chi connectivity index (χ1) is 8.20. The van der Waals surface area contributed by atoms with Gasteiger partial charge in [0, 0.05) is 17.3 Å². The van der Waals surface area contributed by atoms with E-state index < -0.39 is 0 Å². The summed E-state index contributed by atoms with van der Waals surface area (Å²) >= 11 is 3.45. The van der Waals surface area contributed by atoms with Crippen LogP contribution in [0.15, 0.2) is 35.1 Å². The van der Waals surface area contributed by atoms with Crippen LogP contribution in [0, 0.1) is 6.92 Å². The van der Waals surface area contributed by atoms with Gasteiger partial charge in [0.1, 0.15) is 0 Å². The second kappa shape index (κ2) is 5.47. The molecule has 2 aromatic rings. The van der Waals surface area contributed by atoms with Crippen LogP contribution >= 0.6 is 15.9 Å². The van der Waals surface area contributed by atoms with Crippen molar-refractivity contribution < 1.29 is 5.11 Å². The van der Waals surface area contributed by atoms with E-state index >= 15 is 0 Å². The fourth-order valence-corrected chi connectivity index (χ4v) is 2.26. The molecule has 1 aromatic heterocycles. The van der Waals surface area contributed by atoms with Crippen LogP contribution in [-0.4, -0.2) is 21.5 Å². The molecule has 0 fully saturated rings. The summed E-state index contributed by atoms with van der Waals surface area (Å²) in [5.74, 6) is 0. The highest BCUT2D eigenvalue weighted by molar-refractivity contribution is 9.10. The highest BCUT2D eigenvalue weighted by Gasteiger charge is 2.04. The Morgan fingerprint density at radius 3 is 2.94 bits per heavy atom. The van der Waals surface area contributed by atoms with Gasteiger partial charge in [-0.1, -0.05) is 15.9 Å². The minimum atomic E-state index is 0.225. The first-order valence-corrected chi connectivity index (χ1v) is 6.41. The van der Waals surface area contributed by atoms with E-state index in [0.717, 1.165) is 28.6 Å². The topological polar surface area (TPSA) is 38.0 Å². The van der Waals surface area contributed by atoms with E-state index in [-0.39, 0.29) is 6.61 Å². The molecule has 0 aliphatic heterocycles. The maximum Gasteiger partial charge on any atom is 0.0675 e. The van der Waals surface area contributed by atoms with Crippen LogP contribution < -0.4 is 0 Å². The molecular weight excluding hydrogens is 280 g/mol. The zero-order valence-corrected chi connectivity index (χ0v) is 11.3. The average Bonchev–Trinajstić information content (AvgIpc) is 2.75. The highest BCUT2D eigenvalue weighted by Crippen LogP contribution is 2.19. The van der Waals surface area contributed by atoms with Crippen molar-refractivity contribution in [1.29, 1.82) is 0 Å². The van der Waals surface area contributed by atoms with Gasteiger partial charge in [0.2, 0.25) is 0 Å². The molecule has 3 nitrogen and oxygen atoms in total. The number of benzene rings is 1. The molecule has 1 aromatic carbocycles. The fourth-order valence-electron chi connectivity index (χ4n) is 1.78. The number of rotatable bonds is 4. The van der Waals surface area contributed by atoms with Crippen LogP contribution in [-0.2, 0) is 6.42 Å². The van der Waals surface area contributed by atoms with Gasteiger partial charge < -0.3 is 5.11 Å². The Bertz CT molecular complexity index is 508. The number of hydrogen-bond donors (Lipinski definition) is 1. The van der Waals surface area contributed by atoms with Gasteiger partial charge in [-0.05, 0) is 49.1 Å². The molecule has 0 spiro atoms. The molecule has 1 heterocycles. The third kappa shape index (κ3) is 2.96. The predicted molar refractivity (Wildman–Crippen MR) is 71.4 cm³/mol. The Labute approximate surface area is 109 Å². The SMILES string of the molecule is Cc1cc(Br)ccc1-n1cc(CCCO)cn1. The van der Waals surface area contributed by atoms with Crippen LogP contribution in [0.25, 0.3) is 5.69 Å². The van der Waals surface area contributed by atoms with Gasteiger partial charge in [-0.2, -0.15) is 5.10 Å². The molecule has 0 radical (unpaired) electrons.